The van der Waals surface area contributed by atoms with E-state index in [1.165, 1.54) is 0 Å². The van der Waals surface area contributed by atoms with Gasteiger partial charge in [-0.3, -0.25) is 9.59 Å². The third-order valence-electron chi connectivity index (χ3n) is 6.22. The predicted octanol–water partition coefficient (Wildman–Crippen LogP) is 4.91. The number of halogens is 1. The number of thioether (sulfide) groups is 1. The van der Waals surface area contributed by atoms with Gasteiger partial charge in [0.2, 0.25) is 11.8 Å². The highest BCUT2D eigenvalue weighted by molar-refractivity contribution is 7.99. The minimum absolute atomic E-state index is 0.0389. The molecule has 6 heteroatoms. The smallest absolute Gasteiger partial charge is 0.235 e. The monoisotopic (exact) mass is 442 g/mol. The number of nitrogens with zero attached hydrogens (tertiary/aromatic N) is 1. The van der Waals surface area contributed by atoms with Crippen molar-refractivity contribution in [1.29, 1.82) is 0 Å². The van der Waals surface area contributed by atoms with Crippen molar-refractivity contribution in [3.05, 3.63) is 64.7 Å². The second kappa shape index (κ2) is 9.44. The molecule has 1 N–H and O–H groups in total. The highest BCUT2D eigenvalue weighted by atomic mass is 35.5. The van der Waals surface area contributed by atoms with E-state index in [1.807, 2.05) is 65.2 Å². The van der Waals surface area contributed by atoms with Crippen LogP contribution in [0.1, 0.15) is 36.8 Å². The third kappa shape index (κ3) is 4.68. The average molecular weight is 443 g/mol. The van der Waals surface area contributed by atoms with Crippen molar-refractivity contribution in [3.63, 3.8) is 0 Å². The van der Waals surface area contributed by atoms with Gasteiger partial charge in [-0.2, -0.15) is 11.8 Å². The van der Waals surface area contributed by atoms with E-state index in [-0.39, 0.29) is 11.8 Å². The van der Waals surface area contributed by atoms with Crippen molar-refractivity contribution in [2.75, 3.05) is 29.9 Å². The molecule has 2 aromatic rings. The van der Waals surface area contributed by atoms with Crippen molar-refractivity contribution in [2.24, 2.45) is 0 Å². The van der Waals surface area contributed by atoms with Crippen LogP contribution in [0.25, 0.3) is 0 Å². The summed E-state index contributed by atoms with van der Waals surface area (Å²) in [5.74, 6) is 2.26. The van der Waals surface area contributed by atoms with Gasteiger partial charge in [-0.1, -0.05) is 48.7 Å². The van der Waals surface area contributed by atoms with Crippen LogP contribution in [0, 0.1) is 0 Å². The van der Waals surface area contributed by atoms with Gasteiger partial charge in [0.25, 0.3) is 0 Å². The Morgan fingerprint density at radius 2 is 1.60 bits per heavy atom. The number of anilines is 1. The van der Waals surface area contributed by atoms with E-state index in [2.05, 4.69) is 5.32 Å². The van der Waals surface area contributed by atoms with Crippen LogP contribution in [-0.4, -0.2) is 41.3 Å². The van der Waals surface area contributed by atoms with Crippen LogP contribution in [0.5, 0.6) is 0 Å². The molecule has 2 aliphatic rings. The van der Waals surface area contributed by atoms with Crippen LogP contribution >= 0.6 is 23.4 Å². The molecule has 1 aliphatic heterocycles. The standard InChI is InChI=1S/C24H27ClN2O2S/c25-20-7-5-19(6-8-20)24(11-1-2-12-24)23(29)26-21-9-3-18(4-10-21)17-22(28)27-13-15-30-16-14-27/h3-10H,1-2,11-17H2,(H,26,29). The van der Waals surface area contributed by atoms with Gasteiger partial charge in [0, 0.05) is 35.3 Å². The number of carbonyl (C=O) groups excluding carboxylic acids is 2. The molecule has 1 saturated heterocycles. The lowest BCUT2D eigenvalue weighted by Crippen LogP contribution is -2.38. The van der Waals surface area contributed by atoms with E-state index in [1.54, 1.807) is 0 Å². The summed E-state index contributed by atoms with van der Waals surface area (Å²) < 4.78 is 0. The highest BCUT2D eigenvalue weighted by Crippen LogP contribution is 2.42. The molecule has 4 rings (SSSR count). The molecule has 1 heterocycles. The molecule has 1 aliphatic carbocycles. The summed E-state index contributed by atoms with van der Waals surface area (Å²) in [6.07, 6.45) is 4.20. The Morgan fingerprint density at radius 3 is 2.23 bits per heavy atom. The molecule has 2 aromatic carbocycles. The molecular weight excluding hydrogens is 416 g/mol. The lowest BCUT2D eigenvalue weighted by atomic mass is 9.78. The van der Waals surface area contributed by atoms with E-state index < -0.39 is 5.41 Å². The second-order valence-corrected chi connectivity index (χ2v) is 9.78. The summed E-state index contributed by atoms with van der Waals surface area (Å²) >= 11 is 7.94. The molecule has 1 saturated carbocycles. The molecule has 0 bridgehead atoms. The lowest BCUT2D eigenvalue weighted by molar-refractivity contribution is -0.130. The molecule has 2 fully saturated rings. The first kappa shape index (κ1) is 21.3. The number of hydrogen-bond donors (Lipinski definition) is 1. The Bertz CT molecular complexity index is 886. The quantitative estimate of drug-likeness (QED) is 0.715. The van der Waals surface area contributed by atoms with Crippen molar-refractivity contribution in [2.45, 2.75) is 37.5 Å². The van der Waals surface area contributed by atoms with Gasteiger partial charge in [0.1, 0.15) is 0 Å². The number of rotatable bonds is 5. The molecule has 2 amide bonds. The molecule has 0 aromatic heterocycles. The van der Waals surface area contributed by atoms with E-state index in [0.717, 1.165) is 67.1 Å². The first-order valence-corrected chi connectivity index (χ1v) is 12.1. The van der Waals surface area contributed by atoms with Crippen LogP contribution < -0.4 is 5.32 Å². The Labute approximate surface area is 187 Å². The zero-order valence-corrected chi connectivity index (χ0v) is 18.6. The fraction of sp³-hybridized carbons (Fsp3) is 0.417. The average Bonchev–Trinajstić information content (AvgIpc) is 3.27. The van der Waals surface area contributed by atoms with Crippen molar-refractivity contribution >= 4 is 40.9 Å². The number of carbonyl (C=O) groups is 2. The molecule has 4 nitrogen and oxygen atoms in total. The topological polar surface area (TPSA) is 49.4 Å². The fourth-order valence-electron chi connectivity index (χ4n) is 4.45. The maximum Gasteiger partial charge on any atom is 0.235 e. The van der Waals surface area contributed by atoms with Gasteiger partial charge in [0.15, 0.2) is 0 Å². The van der Waals surface area contributed by atoms with Crippen molar-refractivity contribution < 1.29 is 9.59 Å². The number of hydrogen-bond acceptors (Lipinski definition) is 3. The molecule has 0 radical (unpaired) electrons. The normalized spacial score (nSPS) is 18.2. The summed E-state index contributed by atoms with van der Waals surface area (Å²) in [5, 5.41) is 3.79. The highest BCUT2D eigenvalue weighted by Gasteiger charge is 2.42. The second-order valence-electron chi connectivity index (χ2n) is 8.12. The predicted molar refractivity (Wildman–Crippen MR) is 124 cm³/mol. The molecule has 30 heavy (non-hydrogen) atoms. The Hall–Kier alpha value is -1.98. The third-order valence-corrected chi connectivity index (χ3v) is 7.41. The van der Waals surface area contributed by atoms with Gasteiger partial charge in [-0.15, -0.1) is 0 Å². The van der Waals surface area contributed by atoms with Crippen LogP contribution in [0.15, 0.2) is 48.5 Å². The SMILES string of the molecule is O=C(Cc1ccc(NC(=O)C2(c3ccc(Cl)cc3)CCCC2)cc1)N1CCSCC1. The van der Waals surface area contributed by atoms with E-state index in [9.17, 15) is 9.59 Å². The van der Waals surface area contributed by atoms with Gasteiger partial charge in [0.05, 0.1) is 11.8 Å². The van der Waals surface area contributed by atoms with Crippen molar-refractivity contribution in [3.8, 4) is 0 Å². The molecule has 0 atom stereocenters. The summed E-state index contributed by atoms with van der Waals surface area (Å²) in [6.45, 7) is 1.68. The van der Waals surface area contributed by atoms with Crippen LogP contribution in [0.4, 0.5) is 5.69 Å². The maximum atomic E-state index is 13.3. The fourth-order valence-corrected chi connectivity index (χ4v) is 5.48. The zero-order chi connectivity index (χ0) is 21.0. The van der Waals surface area contributed by atoms with Gasteiger partial charge in [-0.05, 0) is 48.2 Å². The van der Waals surface area contributed by atoms with E-state index >= 15 is 0 Å². The molecule has 0 spiro atoms. The van der Waals surface area contributed by atoms with Crippen LogP contribution in [0.2, 0.25) is 5.02 Å². The van der Waals surface area contributed by atoms with Gasteiger partial charge in [-0.25, -0.2) is 0 Å². The lowest BCUT2D eigenvalue weighted by Gasteiger charge is -2.28. The summed E-state index contributed by atoms with van der Waals surface area (Å²) in [4.78, 5) is 27.7. The minimum atomic E-state index is -0.495. The van der Waals surface area contributed by atoms with E-state index in [0.29, 0.717) is 11.4 Å². The maximum absolute atomic E-state index is 13.3. The minimum Gasteiger partial charge on any atom is -0.341 e. The first-order chi connectivity index (χ1) is 14.6. The Morgan fingerprint density at radius 1 is 0.967 bits per heavy atom. The van der Waals surface area contributed by atoms with Gasteiger partial charge >= 0.3 is 0 Å². The number of amides is 2. The largest absolute Gasteiger partial charge is 0.341 e. The summed E-state index contributed by atoms with van der Waals surface area (Å²) in [5.41, 5.74) is 2.28. The number of benzene rings is 2. The molecule has 0 unspecified atom stereocenters. The van der Waals surface area contributed by atoms with Crippen LogP contribution in [0.3, 0.4) is 0 Å². The Balaban J connectivity index is 1.42. The zero-order valence-electron chi connectivity index (χ0n) is 17.0. The Kier molecular flexibility index (Phi) is 6.69. The van der Waals surface area contributed by atoms with E-state index in [4.69, 9.17) is 11.6 Å². The molecule has 158 valence electrons. The molecular formula is C24H27ClN2O2S. The first-order valence-electron chi connectivity index (χ1n) is 10.6. The van der Waals surface area contributed by atoms with Crippen molar-refractivity contribution in [1.82, 2.24) is 4.90 Å². The van der Waals surface area contributed by atoms with Crippen LogP contribution in [-0.2, 0) is 21.4 Å². The summed E-state index contributed by atoms with van der Waals surface area (Å²) in [6, 6.07) is 15.3. The summed E-state index contributed by atoms with van der Waals surface area (Å²) in [7, 11) is 0. The number of nitrogens with one attached hydrogen (secondary N) is 1. The van der Waals surface area contributed by atoms with Gasteiger partial charge < -0.3 is 10.2 Å².